The second kappa shape index (κ2) is 7.44. The maximum atomic E-state index is 12.9. The number of carbonyl (C=O) groups is 2. The molecule has 2 fully saturated rings. The maximum absolute atomic E-state index is 12.9. The fourth-order valence-electron chi connectivity index (χ4n) is 3.85. The first kappa shape index (κ1) is 17.7. The predicted octanol–water partition coefficient (Wildman–Crippen LogP) is 2.03. The van der Waals surface area contributed by atoms with Gasteiger partial charge < -0.3 is 15.0 Å². The van der Waals surface area contributed by atoms with Crippen LogP contribution in [-0.4, -0.2) is 60.9 Å². The second-order valence-corrected chi connectivity index (χ2v) is 7.02. The summed E-state index contributed by atoms with van der Waals surface area (Å²) in [7, 11) is 3.57. The van der Waals surface area contributed by atoms with E-state index in [1.165, 1.54) is 0 Å². The molecule has 1 N–H and O–H groups in total. The van der Waals surface area contributed by atoms with Crippen LogP contribution in [0, 0.1) is 6.92 Å². The highest BCUT2D eigenvalue weighted by molar-refractivity contribution is 5.99. The molecule has 2 unspecified atom stereocenters. The number of ether oxygens (including phenoxy) is 1. The lowest BCUT2D eigenvalue weighted by molar-refractivity contribution is -0.140. The SMILES string of the molecule is COc1ccc(C)cc1NC(=O)C1CCCN1C(=O)C1CCCN1C. The van der Waals surface area contributed by atoms with Gasteiger partial charge in [-0.3, -0.25) is 14.5 Å². The van der Waals surface area contributed by atoms with Crippen molar-refractivity contribution in [2.75, 3.05) is 32.6 Å². The van der Waals surface area contributed by atoms with Gasteiger partial charge in [-0.15, -0.1) is 0 Å². The van der Waals surface area contributed by atoms with Crippen LogP contribution in [0.15, 0.2) is 18.2 Å². The Kier molecular flexibility index (Phi) is 5.27. The number of carbonyl (C=O) groups excluding carboxylic acids is 2. The molecular weight excluding hydrogens is 318 g/mol. The highest BCUT2D eigenvalue weighted by Gasteiger charge is 2.39. The number of nitrogens with zero attached hydrogens (tertiary/aromatic N) is 2. The third kappa shape index (κ3) is 3.63. The molecule has 3 rings (SSSR count). The first-order valence-electron chi connectivity index (χ1n) is 8.97. The summed E-state index contributed by atoms with van der Waals surface area (Å²) in [4.78, 5) is 29.6. The molecule has 2 atom stereocenters. The monoisotopic (exact) mass is 345 g/mol. The Hall–Kier alpha value is -2.08. The van der Waals surface area contributed by atoms with E-state index < -0.39 is 6.04 Å². The van der Waals surface area contributed by atoms with Crippen molar-refractivity contribution in [2.45, 2.75) is 44.7 Å². The maximum Gasteiger partial charge on any atom is 0.247 e. The molecule has 0 aliphatic carbocycles. The number of amides is 2. The molecule has 0 saturated carbocycles. The summed E-state index contributed by atoms with van der Waals surface area (Å²) in [5, 5.41) is 2.96. The van der Waals surface area contributed by atoms with Gasteiger partial charge in [0, 0.05) is 6.54 Å². The number of benzene rings is 1. The van der Waals surface area contributed by atoms with Crippen LogP contribution in [0.1, 0.15) is 31.2 Å². The van der Waals surface area contributed by atoms with Gasteiger partial charge in [-0.1, -0.05) is 6.07 Å². The third-order valence-electron chi connectivity index (χ3n) is 5.26. The van der Waals surface area contributed by atoms with Crippen LogP contribution in [0.25, 0.3) is 0 Å². The summed E-state index contributed by atoms with van der Waals surface area (Å²) in [5.74, 6) is 0.592. The smallest absolute Gasteiger partial charge is 0.247 e. The number of methoxy groups -OCH3 is 1. The van der Waals surface area contributed by atoms with Gasteiger partial charge in [-0.25, -0.2) is 0 Å². The molecule has 2 amide bonds. The molecule has 136 valence electrons. The normalized spacial score (nSPS) is 23.7. The molecule has 0 radical (unpaired) electrons. The molecule has 2 saturated heterocycles. The van der Waals surface area contributed by atoms with Crippen LogP contribution >= 0.6 is 0 Å². The van der Waals surface area contributed by atoms with Crippen molar-refractivity contribution in [3.63, 3.8) is 0 Å². The topological polar surface area (TPSA) is 61.9 Å². The van der Waals surface area contributed by atoms with Gasteiger partial charge in [-0.05, 0) is 63.9 Å². The van der Waals surface area contributed by atoms with E-state index in [0.717, 1.165) is 31.4 Å². The van der Waals surface area contributed by atoms with E-state index in [2.05, 4.69) is 10.2 Å². The highest BCUT2D eigenvalue weighted by Crippen LogP contribution is 2.28. The molecule has 2 aliphatic rings. The number of likely N-dealkylation sites (N-methyl/N-ethyl adjacent to an activating group) is 1. The van der Waals surface area contributed by atoms with Crippen molar-refractivity contribution < 1.29 is 14.3 Å². The third-order valence-corrected chi connectivity index (χ3v) is 5.26. The van der Waals surface area contributed by atoms with Gasteiger partial charge >= 0.3 is 0 Å². The lowest BCUT2D eigenvalue weighted by Crippen LogP contribution is -2.49. The number of aryl methyl sites for hydroxylation is 1. The van der Waals surface area contributed by atoms with Crippen molar-refractivity contribution in [3.8, 4) is 5.75 Å². The zero-order valence-corrected chi connectivity index (χ0v) is 15.2. The zero-order valence-electron chi connectivity index (χ0n) is 15.2. The quantitative estimate of drug-likeness (QED) is 0.907. The summed E-state index contributed by atoms with van der Waals surface area (Å²) in [6.07, 6.45) is 3.50. The molecule has 0 aromatic heterocycles. The van der Waals surface area contributed by atoms with E-state index in [0.29, 0.717) is 24.4 Å². The molecule has 0 bridgehead atoms. The van der Waals surface area contributed by atoms with E-state index in [1.807, 2.05) is 32.2 Å². The minimum absolute atomic E-state index is 0.0816. The molecular formula is C19H27N3O3. The van der Waals surface area contributed by atoms with Crippen molar-refractivity contribution in [3.05, 3.63) is 23.8 Å². The van der Waals surface area contributed by atoms with Crippen molar-refractivity contribution in [1.82, 2.24) is 9.80 Å². The van der Waals surface area contributed by atoms with E-state index in [-0.39, 0.29) is 17.9 Å². The summed E-state index contributed by atoms with van der Waals surface area (Å²) >= 11 is 0. The van der Waals surface area contributed by atoms with E-state index in [1.54, 1.807) is 12.0 Å². The zero-order chi connectivity index (χ0) is 18.0. The van der Waals surface area contributed by atoms with Crippen LogP contribution in [0.2, 0.25) is 0 Å². The van der Waals surface area contributed by atoms with Gasteiger partial charge in [0.1, 0.15) is 11.8 Å². The van der Waals surface area contributed by atoms with E-state index in [9.17, 15) is 9.59 Å². The summed E-state index contributed by atoms with van der Waals surface area (Å²) in [5.41, 5.74) is 1.70. The van der Waals surface area contributed by atoms with Crippen molar-refractivity contribution in [1.29, 1.82) is 0 Å². The Bertz CT molecular complexity index is 661. The molecule has 2 heterocycles. The lowest BCUT2D eigenvalue weighted by Gasteiger charge is -2.29. The minimum Gasteiger partial charge on any atom is -0.495 e. The molecule has 1 aromatic rings. The average molecular weight is 345 g/mol. The van der Waals surface area contributed by atoms with E-state index in [4.69, 9.17) is 4.74 Å². The molecule has 25 heavy (non-hydrogen) atoms. The second-order valence-electron chi connectivity index (χ2n) is 7.02. The van der Waals surface area contributed by atoms with Crippen LogP contribution in [0.3, 0.4) is 0 Å². The van der Waals surface area contributed by atoms with Gasteiger partial charge in [-0.2, -0.15) is 0 Å². The first-order valence-corrected chi connectivity index (χ1v) is 8.97. The number of hydrogen-bond acceptors (Lipinski definition) is 4. The first-order chi connectivity index (χ1) is 12.0. The van der Waals surface area contributed by atoms with E-state index >= 15 is 0 Å². The number of anilines is 1. The molecule has 6 heteroatoms. The Balaban J connectivity index is 1.73. The lowest BCUT2D eigenvalue weighted by atomic mass is 10.1. The number of hydrogen-bond donors (Lipinski definition) is 1. The van der Waals surface area contributed by atoms with Crippen molar-refractivity contribution in [2.24, 2.45) is 0 Å². The summed E-state index contributed by atoms with van der Waals surface area (Å²) in [6.45, 7) is 3.57. The Morgan fingerprint density at radius 3 is 2.56 bits per heavy atom. The van der Waals surface area contributed by atoms with Gasteiger partial charge in [0.15, 0.2) is 0 Å². The largest absolute Gasteiger partial charge is 0.495 e. The Labute approximate surface area is 149 Å². The Morgan fingerprint density at radius 1 is 1.16 bits per heavy atom. The highest BCUT2D eigenvalue weighted by atomic mass is 16.5. The minimum atomic E-state index is -0.397. The molecule has 0 spiro atoms. The summed E-state index contributed by atoms with van der Waals surface area (Å²) < 4.78 is 5.33. The molecule has 2 aliphatic heterocycles. The standard InChI is InChI=1S/C19H27N3O3/c1-13-8-9-17(25-3)14(12-13)20-18(23)15-6-5-11-22(15)19(24)16-7-4-10-21(16)2/h8-9,12,15-16H,4-7,10-11H2,1-3H3,(H,20,23). The predicted molar refractivity (Wildman–Crippen MR) is 96.7 cm³/mol. The Morgan fingerprint density at radius 2 is 1.88 bits per heavy atom. The van der Waals surface area contributed by atoms with Crippen LogP contribution in [0.5, 0.6) is 5.75 Å². The molecule has 1 aromatic carbocycles. The number of rotatable bonds is 4. The van der Waals surface area contributed by atoms with Crippen LogP contribution < -0.4 is 10.1 Å². The molecule has 6 nitrogen and oxygen atoms in total. The van der Waals surface area contributed by atoms with Gasteiger partial charge in [0.2, 0.25) is 11.8 Å². The summed E-state index contributed by atoms with van der Waals surface area (Å²) in [6, 6.07) is 5.20. The van der Waals surface area contributed by atoms with Gasteiger partial charge in [0.25, 0.3) is 0 Å². The number of likely N-dealkylation sites (tertiary alicyclic amines) is 2. The fraction of sp³-hybridized carbons (Fsp3) is 0.579. The van der Waals surface area contributed by atoms with Crippen molar-refractivity contribution >= 4 is 17.5 Å². The van der Waals surface area contributed by atoms with Crippen LogP contribution in [0.4, 0.5) is 5.69 Å². The average Bonchev–Trinajstić information content (AvgIpc) is 3.23. The van der Waals surface area contributed by atoms with Crippen LogP contribution in [-0.2, 0) is 9.59 Å². The van der Waals surface area contributed by atoms with Gasteiger partial charge in [0.05, 0.1) is 18.8 Å². The number of nitrogens with one attached hydrogen (secondary N) is 1. The fourth-order valence-corrected chi connectivity index (χ4v) is 3.85.